The molecule has 0 spiro atoms. The molecule has 0 bridgehead atoms. The van der Waals surface area contributed by atoms with Crippen molar-refractivity contribution in [1.29, 1.82) is 0 Å². The molecule has 1 N–H and O–H groups in total. The Bertz CT molecular complexity index is 261. The highest BCUT2D eigenvalue weighted by molar-refractivity contribution is 4.88. The summed E-state index contributed by atoms with van der Waals surface area (Å²) in [6.07, 6.45) is 6.57. The van der Waals surface area contributed by atoms with Gasteiger partial charge >= 0.3 is 0 Å². The molecule has 1 atom stereocenters. The summed E-state index contributed by atoms with van der Waals surface area (Å²) in [5, 5.41) is 3.39. The van der Waals surface area contributed by atoms with Crippen molar-refractivity contribution in [2.45, 2.75) is 26.3 Å². The van der Waals surface area contributed by atoms with Crippen molar-refractivity contribution in [3.05, 3.63) is 18.2 Å². The van der Waals surface area contributed by atoms with Crippen molar-refractivity contribution in [1.82, 2.24) is 14.9 Å². The predicted octanol–water partition coefficient (Wildman–Crippen LogP) is 1.19. The van der Waals surface area contributed by atoms with Gasteiger partial charge in [0, 0.05) is 18.9 Å². The quantitative estimate of drug-likeness (QED) is 0.755. The molecule has 13 heavy (non-hydrogen) atoms. The third kappa shape index (κ3) is 2.10. The first-order valence-electron chi connectivity index (χ1n) is 5.05. The topological polar surface area (TPSA) is 29.9 Å². The van der Waals surface area contributed by atoms with Crippen LogP contribution in [-0.4, -0.2) is 22.6 Å². The molecule has 0 saturated carbocycles. The summed E-state index contributed by atoms with van der Waals surface area (Å²) in [7, 11) is 0. The van der Waals surface area contributed by atoms with Gasteiger partial charge in [-0.25, -0.2) is 4.98 Å². The van der Waals surface area contributed by atoms with Crippen molar-refractivity contribution in [3.63, 3.8) is 0 Å². The Kier molecular flexibility index (Phi) is 2.64. The molecule has 0 amide bonds. The van der Waals surface area contributed by atoms with Crippen LogP contribution in [0, 0.1) is 12.8 Å². The lowest BCUT2D eigenvalue weighted by Crippen LogP contribution is -2.11. The zero-order valence-corrected chi connectivity index (χ0v) is 8.16. The van der Waals surface area contributed by atoms with Crippen molar-refractivity contribution in [2.24, 2.45) is 5.92 Å². The van der Waals surface area contributed by atoms with Gasteiger partial charge in [-0.1, -0.05) is 0 Å². The minimum Gasteiger partial charge on any atom is -0.335 e. The molecule has 3 heteroatoms. The smallest absolute Gasteiger partial charge is 0.105 e. The summed E-state index contributed by atoms with van der Waals surface area (Å²) in [4.78, 5) is 4.21. The maximum Gasteiger partial charge on any atom is 0.105 e. The average Bonchev–Trinajstić information content (AvgIpc) is 2.72. The Labute approximate surface area is 79.2 Å². The number of nitrogens with zero attached hydrogens (tertiary/aromatic N) is 2. The fourth-order valence-corrected chi connectivity index (χ4v) is 1.92. The molecule has 1 aromatic rings. The van der Waals surface area contributed by atoms with Crippen LogP contribution in [0.4, 0.5) is 0 Å². The normalized spacial score (nSPS) is 22.4. The van der Waals surface area contributed by atoms with E-state index < -0.39 is 0 Å². The standard InChI is InChI=1S/C10H17N3/c1-9-12-5-7-13(9)6-3-10-2-4-11-8-10/h5,7,10-11H,2-4,6,8H2,1H3. The van der Waals surface area contributed by atoms with E-state index in [1.807, 2.05) is 6.20 Å². The Morgan fingerprint density at radius 1 is 1.69 bits per heavy atom. The fraction of sp³-hybridized carbons (Fsp3) is 0.700. The molecule has 0 aliphatic carbocycles. The van der Waals surface area contributed by atoms with Gasteiger partial charge in [0.1, 0.15) is 5.82 Å². The van der Waals surface area contributed by atoms with E-state index >= 15 is 0 Å². The summed E-state index contributed by atoms with van der Waals surface area (Å²) in [5.74, 6) is 2.01. The van der Waals surface area contributed by atoms with E-state index in [4.69, 9.17) is 0 Å². The van der Waals surface area contributed by atoms with Gasteiger partial charge in [0.05, 0.1) is 0 Å². The number of imidazole rings is 1. The first kappa shape index (κ1) is 8.75. The monoisotopic (exact) mass is 179 g/mol. The Hall–Kier alpha value is -0.830. The Morgan fingerprint density at radius 2 is 2.62 bits per heavy atom. The van der Waals surface area contributed by atoms with Crippen LogP contribution < -0.4 is 5.32 Å². The second kappa shape index (κ2) is 3.92. The molecular formula is C10H17N3. The number of nitrogens with one attached hydrogen (secondary N) is 1. The van der Waals surface area contributed by atoms with Gasteiger partial charge in [-0.15, -0.1) is 0 Å². The highest BCUT2D eigenvalue weighted by Crippen LogP contribution is 2.13. The van der Waals surface area contributed by atoms with E-state index in [-0.39, 0.29) is 0 Å². The molecule has 2 heterocycles. The summed E-state index contributed by atoms with van der Waals surface area (Å²) in [6, 6.07) is 0. The zero-order valence-electron chi connectivity index (χ0n) is 8.16. The van der Waals surface area contributed by atoms with Crippen LogP contribution in [0.25, 0.3) is 0 Å². The molecule has 2 rings (SSSR count). The molecule has 1 fully saturated rings. The predicted molar refractivity (Wildman–Crippen MR) is 52.6 cm³/mol. The lowest BCUT2D eigenvalue weighted by Gasteiger charge is -2.09. The number of hydrogen-bond donors (Lipinski definition) is 1. The largest absolute Gasteiger partial charge is 0.335 e. The highest BCUT2D eigenvalue weighted by Gasteiger charge is 2.13. The first-order chi connectivity index (χ1) is 6.36. The van der Waals surface area contributed by atoms with Crippen LogP contribution in [0.1, 0.15) is 18.7 Å². The Balaban J connectivity index is 1.82. The molecule has 1 aromatic heterocycles. The summed E-state index contributed by atoms with van der Waals surface area (Å²) in [6.45, 7) is 5.59. The van der Waals surface area contributed by atoms with Gasteiger partial charge in [-0.2, -0.15) is 0 Å². The van der Waals surface area contributed by atoms with Gasteiger partial charge in [0.15, 0.2) is 0 Å². The molecule has 0 aromatic carbocycles. The number of rotatable bonds is 3. The number of hydrogen-bond acceptors (Lipinski definition) is 2. The lowest BCUT2D eigenvalue weighted by atomic mass is 10.1. The SMILES string of the molecule is Cc1nccn1CCC1CCNC1. The molecule has 1 aliphatic heterocycles. The number of aryl methyl sites for hydroxylation is 2. The zero-order chi connectivity index (χ0) is 9.10. The van der Waals surface area contributed by atoms with Gasteiger partial charge in [0.2, 0.25) is 0 Å². The first-order valence-corrected chi connectivity index (χ1v) is 5.05. The average molecular weight is 179 g/mol. The minimum atomic E-state index is 0.877. The van der Waals surface area contributed by atoms with Crippen molar-refractivity contribution >= 4 is 0 Å². The summed E-state index contributed by atoms with van der Waals surface area (Å²) < 4.78 is 2.23. The molecule has 1 aliphatic rings. The van der Waals surface area contributed by atoms with E-state index in [1.165, 1.54) is 25.9 Å². The molecule has 3 nitrogen and oxygen atoms in total. The van der Waals surface area contributed by atoms with Crippen molar-refractivity contribution < 1.29 is 0 Å². The third-order valence-electron chi connectivity index (χ3n) is 2.86. The van der Waals surface area contributed by atoms with Crippen LogP contribution >= 0.6 is 0 Å². The van der Waals surface area contributed by atoms with Crippen molar-refractivity contribution in [3.8, 4) is 0 Å². The van der Waals surface area contributed by atoms with Gasteiger partial charge in [0.25, 0.3) is 0 Å². The number of aromatic nitrogens is 2. The van der Waals surface area contributed by atoms with Gasteiger partial charge in [-0.3, -0.25) is 0 Å². The summed E-state index contributed by atoms with van der Waals surface area (Å²) >= 11 is 0. The second-order valence-corrected chi connectivity index (χ2v) is 3.82. The molecule has 72 valence electrons. The van der Waals surface area contributed by atoms with Gasteiger partial charge < -0.3 is 9.88 Å². The van der Waals surface area contributed by atoms with Crippen LogP contribution in [0.15, 0.2) is 12.4 Å². The van der Waals surface area contributed by atoms with E-state index in [0.29, 0.717) is 0 Å². The van der Waals surface area contributed by atoms with Crippen LogP contribution in [0.3, 0.4) is 0 Å². The van der Waals surface area contributed by atoms with E-state index in [2.05, 4.69) is 28.0 Å². The fourth-order valence-electron chi connectivity index (χ4n) is 1.92. The van der Waals surface area contributed by atoms with Crippen LogP contribution in [0.5, 0.6) is 0 Å². The van der Waals surface area contributed by atoms with E-state index in [9.17, 15) is 0 Å². The molecule has 1 saturated heterocycles. The summed E-state index contributed by atoms with van der Waals surface area (Å²) in [5.41, 5.74) is 0. The lowest BCUT2D eigenvalue weighted by molar-refractivity contribution is 0.475. The third-order valence-corrected chi connectivity index (χ3v) is 2.86. The molecule has 0 radical (unpaired) electrons. The maximum atomic E-state index is 4.21. The van der Waals surface area contributed by atoms with E-state index in [0.717, 1.165) is 18.3 Å². The Morgan fingerprint density at radius 3 is 3.23 bits per heavy atom. The minimum absolute atomic E-state index is 0.877. The maximum absolute atomic E-state index is 4.21. The second-order valence-electron chi connectivity index (χ2n) is 3.82. The van der Waals surface area contributed by atoms with Crippen molar-refractivity contribution in [2.75, 3.05) is 13.1 Å². The van der Waals surface area contributed by atoms with Crippen LogP contribution in [0.2, 0.25) is 0 Å². The highest BCUT2D eigenvalue weighted by atomic mass is 15.0. The van der Waals surface area contributed by atoms with Gasteiger partial charge in [-0.05, 0) is 38.8 Å². The van der Waals surface area contributed by atoms with E-state index in [1.54, 1.807) is 0 Å². The molecule has 1 unspecified atom stereocenters. The molecular weight excluding hydrogens is 162 g/mol. The van der Waals surface area contributed by atoms with Crippen LogP contribution in [-0.2, 0) is 6.54 Å².